The van der Waals surface area contributed by atoms with E-state index in [4.69, 9.17) is 5.73 Å². The maximum absolute atomic E-state index is 12.9. The van der Waals surface area contributed by atoms with Gasteiger partial charge in [-0.2, -0.15) is 11.8 Å². The van der Waals surface area contributed by atoms with Gasteiger partial charge >= 0.3 is 5.97 Å². The maximum atomic E-state index is 12.9. The van der Waals surface area contributed by atoms with Crippen molar-refractivity contribution in [3.8, 4) is 0 Å². The average molecular weight is 474 g/mol. The van der Waals surface area contributed by atoms with Gasteiger partial charge in [-0.3, -0.25) is 19.2 Å². The molecule has 11 nitrogen and oxygen atoms in total. The molecule has 0 aromatic carbocycles. The van der Waals surface area contributed by atoms with Crippen molar-refractivity contribution in [1.29, 1.82) is 0 Å². The van der Waals surface area contributed by atoms with E-state index in [-0.39, 0.29) is 12.3 Å². The number of carbonyl (C=O) groups excluding carboxylic acids is 4. The second-order valence-electron chi connectivity index (χ2n) is 7.93. The summed E-state index contributed by atoms with van der Waals surface area (Å²) in [6, 6.07) is -3.83. The predicted molar refractivity (Wildman–Crippen MR) is 121 cm³/mol. The summed E-state index contributed by atoms with van der Waals surface area (Å²) in [6.45, 7) is 4.21. The highest BCUT2D eigenvalue weighted by Crippen LogP contribution is 2.10. The Morgan fingerprint density at radius 1 is 1.12 bits per heavy atom. The van der Waals surface area contributed by atoms with Crippen LogP contribution in [0.3, 0.4) is 0 Å². The lowest BCUT2D eigenvalue weighted by Gasteiger charge is -2.26. The SMILES string of the molecule is CCC(C)C(NC(=O)C(CCSC)NC(=O)C(CC(N)=O)NC(=O)C1CCCN1)C(=O)O. The van der Waals surface area contributed by atoms with Crippen molar-refractivity contribution in [3.05, 3.63) is 0 Å². The molecule has 0 spiro atoms. The summed E-state index contributed by atoms with van der Waals surface area (Å²) in [5, 5.41) is 20.0. The third-order valence-corrected chi connectivity index (χ3v) is 6.08. The van der Waals surface area contributed by atoms with E-state index in [1.165, 1.54) is 11.8 Å². The number of carbonyl (C=O) groups is 5. The first kappa shape index (κ1) is 27.7. The number of amides is 4. The molecule has 1 saturated heterocycles. The van der Waals surface area contributed by atoms with Gasteiger partial charge in [0, 0.05) is 0 Å². The van der Waals surface area contributed by atoms with Crippen LogP contribution in [0.4, 0.5) is 0 Å². The van der Waals surface area contributed by atoms with Crippen molar-refractivity contribution in [1.82, 2.24) is 21.3 Å². The Hall–Kier alpha value is -2.34. The van der Waals surface area contributed by atoms with E-state index in [9.17, 15) is 29.1 Å². The van der Waals surface area contributed by atoms with Crippen molar-refractivity contribution < 1.29 is 29.1 Å². The number of thioether (sulfide) groups is 1. The Morgan fingerprint density at radius 3 is 2.28 bits per heavy atom. The normalized spacial score (nSPS) is 19.3. The zero-order valence-corrected chi connectivity index (χ0v) is 19.6. The van der Waals surface area contributed by atoms with Crippen molar-refractivity contribution in [3.63, 3.8) is 0 Å². The van der Waals surface area contributed by atoms with E-state index < -0.39 is 60.2 Å². The highest BCUT2D eigenvalue weighted by Gasteiger charge is 2.33. The van der Waals surface area contributed by atoms with Crippen molar-refractivity contribution in [2.24, 2.45) is 11.7 Å². The molecule has 7 N–H and O–H groups in total. The first-order valence-electron chi connectivity index (χ1n) is 10.7. The Balaban J connectivity index is 2.92. The summed E-state index contributed by atoms with van der Waals surface area (Å²) in [6.07, 6.45) is 3.63. The maximum Gasteiger partial charge on any atom is 0.326 e. The van der Waals surface area contributed by atoms with E-state index in [1.807, 2.05) is 13.2 Å². The van der Waals surface area contributed by atoms with Gasteiger partial charge in [0.2, 0.25) is 23.6 Å². The molecule has 32 heavy (non-hydrogen) atoms. The largest absolute Gasteiger partial charge is 0.480 e. The molecule has 0 radical (unpaired) electrons. The fourth-order valence-electron chi connectivity index (χ4n) is 3.30. The van der Waals surface area contributed by atoms with Gasteiger partial charge in [-0.25, -0.2) is 4.79 Å². The van der Waals surface area contributed by atoms with Crippen LogP contribution in [-0.4, -0.2) is 77.4 Å². The molecule has 1 fully saturated rings. The summed E-state index contributed by atoms with van der Waals surface area (Å²) in [5.41, 5.74) is 5.25. The number of nitrogens with one attached hydrogen (secondary N) is 4. The van der Waals surface area contributed by atoms with E-state index in [1.54, 1.807) is 6.92 Å². The monoisotopic (exact) mass is 473 g/mol. The van der Waals surface area contributed by atoms with Gasteiger partial charge in [-0.05, 0) is 43.7 Å². The predicted octanol–water partition coefficient (Wildman–Crippen LogP) is -1.05. The zero-order valence-electron chi connectivity index (χ0n) is 18.8. The lowest BCUT2D eigenvalue weighted by Crippen LogP contribution is -2.58. The Bertz CT molecular complexity index is 685. The molecular formula is C20H35N5O6S. The van der Waals surface area contributed by atoms with Gasteiger partial charge in [0.15, 0.2) is 0 Å². The average Bonchev–Trinajstić information content (AvgIpc) is 3.28. The van der Waals surface area contributed by atoms with Crippen LogP contribution < -0.4 is 27.0 Å². The smallest absolute Gasteiger partial charge is 0.326 e. The lowest BCUT2D eigenvalue weighted by molar-refractivity contribution is -0.144. The van der Waals surface area contributed by atoms with Crippen LogP contribution in [0, 0.1) is 5.92 Å². The van der Waals surface area contributed by atoms with E-state index >= 15 is 0 Å². The second kappa shape index (κ2) is 13.9. The molecule has 12 heteroatoms. The number of primary amides is 1. The molecule has 4 amide bonds. The Morgan fingerprint density at radius 2 is 1.78 bits per heavy atom. The molecule has 0 aliphatic carbocycles. The van der Waals surface area contributed by atoms with Gasteiger partial charge in [0.1, 0.15) is 18.1 Å². The first-order chi connectivity index (χ1) is 15.1. The number of hydrogen-bond donors (Lipinski definition) is 6. The van der Waals surface area contributed by atoms with Crippen LogP contribution >= 0.6 is 11.8 Å². The van der Waals surface area contributed by atoms with Crippen LogP contribution in [0.5, 0.6) is 0 Å². The summed E-state index contributed by atoms with van der Waals surface area (Å²) in [5.74, 6) is -3.51. The number of carboxylic acids is 1. The molecular weight excluding hydrogens is 438 g/mol. The summed E-state index contributed by atoms with van der Waals surface area (Å²) in [4.78, 5) is 61.1. The Kier molecular flexibility index (Phi) is 12.1. The minimum atomic E-state index is -1.24. The Labute approximate surface area is 192 Å². The highest BCUT2D eigenvalue weighted by molar-refractivity contribution is 7.98. The van der Waals surface area contributed by atoms with Crippen LogP contribution in [-0.2, 0) is 24.0 Å². The topological polar surface area (TPSA) is 180 Å². The number of nitrogens with two attached hydrogens (primary N) is 1. The van der Waals surface area contributed by atoms with Gasteiger partial charge < -0.3 is 32.1 Å². The first-order valence-corrected chi connectivity index (χ1v) is 12.1. The number of aliphatic carboxylic acids is 1. The minimum Gasteiger partial charge on any atom is -0.480 e. The van der Waals surface area contributed by atoms with Gasteiger partial charge in [-0.15, -0.1) is 0 Å². The van der Waals surface area contributed by atoms with E-state index in [0.717, 1.165) is 6.42 Å². The quantitative estimate of drug-likeness (QED) is 0.185. The fraction of sp³-hybridized carbons (Fsp3) is 0.750. The number of rotatable bonds is 14. The standard InChI is InChI=1S/C20H35N5O6S/c1-4-11(2)16(20(30)31)25-18(28)13(7-9-32-3)23-19(29)14(10-15(21)26)24-17(27)12-6-5-8-22-12/h11-14,16,22H,4-10H2,1-3H3,(H2,21,26)(H,23,29)(H,24,27)(H,25,28)(H,30,31). The molecule has 0 bridgehead atoms. The molecule has 182 valence electrons. The molecule has 1 aliphatic rings. The van der Waals surface area contributed by atoms with Crippen molar-refractivity contribution in [2.75, 3.05) is 18.6 Å². The van der Waals surface area contributed by atoms with Gasteiger partial charge in [-0.1, -0.05) is 20.3 Å². The van der Waals surface area contributed by atoms with Gasteiger partial charge in [0.25, 0.3) is 0 Å². The lowest BCUT2D eigenvalue weighted by atomic mass is 9.98. The fourth-order valence-corrected chi connectivity index (χ4v) is 3.78. The summed E-state index contributed by atoms with van der Waals surface area (Å²) in [7, 11) is 0. The molecule has 1 rings (SSSR count). The highest BCUT2D eigenvalue weighted by atomic mass is 32.2. The number of hydrogen-bond acceptors (Lipinski definition) is 7. The molecule has 1 heterocycles. The van der Waals surface area contributed by atoms with E-state index in [2.05, 4.69) is 21.3 Å². The van der Waals surface area contributed by atoms with Crippen molar-refractivity contribution >= 4 is 41.4 Å². The summed E-state index contributed by atoms with van der Waals surface area (Å²) >= 11 is 1.46. The molecule has 5 unspecified atom stereocenters. The molecule has 0 aromatic rings. The van der Waals surface area contributed by atoms with Crippen LogP contribution in [0.2, 0.25) is 0 Å². The molecule has 1 aliphatic heterocycles. The third-order valence-electron chi connectivity index (χ3n) is 5.44. The number of carboxylic acid groups (broad SMARTS) is 1. The van der Waals surface area contributed by atoms with Crippen LogP contribution in [0.1, 0.15) is 46.0 Å². The van der Waals surface area contributed by atoms with Crippen LogP contribution in [0.25, 0.3) is 0 Å². The third kappa shape index (κ3) is 9.03. The van der Waals surface area contributed by atoms with Gasteiger partial charge in [0.05, 0.1) is 12.5 Å². The summed E-state index contributed by atoms with van der Waals surface area (Å²) < 4.78 is 0. The van der Waals surface area contributed by atoms with E-state index in [0.29, 0.717) is 25.1 Å². The minimum absolute atomic E-state index is 0.243. The second-order valence-corrected chi connectivity index (χ2v) is 8.92. The molecule has 0 saturated carbocycles. The van der Waals surface area contributed by atoms with Crippen LogP contribution in [0.15, 0.2) is 0 Å². The molecule has 0 aromatic heterocycles. The molecule has 5 atom stereocenters. The van der Waals surface area contributed by atoms with Crippen molar-refractivity contribution in [2.45, 2.75) is 70.1 Å². The zero-order chi connectivity index (χ0) is 24.3.